The van der Waals surface area contributed by atoms with E-state index in [-0.39, 0.29) is 16.6 Å². The molecule has 0 fully saturated rings. The quantitative estimate of drug-likeness (QED) is 0.416. The molecule has 0 spiro atoms. The van der Waals surface area contributed by atoms with Crippen LogP contribution in [-0.2, 0) is 9.59 Å². The van der Waals surface area contributed by atoms with E-state index >= 15 is 0 Å². The van der Waals surface area contributed by atoms with Crippen molar-refractivity contribution in [2.75, 3.05) is 0 Å². The largest absolute Gasteiger partial charge is 0.318 e. The Hall–Kier alpha value is -2.89. The highest BCUT2D eigenvalue weighted by Gasteiger charge is 2.34. The predicted octanol–water partition coefficient (Wildman–Crippen LogP) is 4.14. The molecule has 0 saturated carbocycles. The standard InChI is InChI=1S/C21H24N2O4/c1-20(2,3)15-9-13(10-16(19(15)25)21(4,5)6)12-22-14-7-8-18(24)17(11-14)23(26)27/h7-12H,1-6H3. The van der Waals surface area contributed by atoms with Crippen molar-refractivity contribution < 1.29 is 14.5 Å². The normalized spacial score (nSPS) is 19.7. The summed E-state index contributed by atoms with van der Waals surface area (Å²) in [4.78, 5) is 38.9. The second-order valence-electron chi connectivity index (χ2n) is 8.61. The fourth-order valence-corrected chi connectivity index (χ4v) is 2.72. The third kappa shape index (κ3) is 4.64. The Morgan fingerprint density at radius 1 is 0.926 bits per heavy atom. The SMILES string of the molecule is CC(C)(C)C1=CC(=CN=C2C=CC(=O)C([N+](=O)[O-])=C2)C=C(C(C)(C)C)C1=O. The topological polar surface area (TPSA) is 89.6 Å². The van der Waals surface area contributed by atoms with E-state index in [1.165, 1.54) is 6.08 Å². The Labute approximate surface area is 158 Å². The number of nitro groups is 1. The lowest BCUT2D eigenvalue weighted by Crippen LogP contribution is -2.27. The maximum atomic E-state index is 12.9. The lowest BCUT2D eigenvalue weighted by atomic mass is 9.72. The van der Waals surface area contributed by atoms with Crippen molar-refractivity contribution in [2.45, 2.75) is 41.5 Å². The molecule has 27 heavy (non-hydrogen) atoms. The molecule has 2 rings (SSSR count). The molecule has 2 aliphatic rings. The van der Waals surface area contributed by atoms with Crippen LogP contribution in [0, 0.1) is 20.9 Å². The summed E-state index contributed by atoms with van der Waals surface area (Å²) in [5.74, 6) is -0.627. The molecule has 0 saturated heterocycles. The Balaban J connectivity index is 2.52. The second-order valence-corrected chi connectivity index (χ2v) is 8.61. The van der Waals surface area contributed by atoms with Crippen molar-refractivity contribution >= 4 is 17.3 Å². The van der Waals surface area contributed by atoms with Crippen LogP contribution in [0.1, 0.15) is 41.5 Å². The number of rotatable bonds is 2. The number of carbonyl (C=O) groups is 2. The summed E-state index contributed by atoms with van der Waals surface area (Å²) < 4.78 is 0. The van der Waals surface area contributed by atoms with Crippen molar-refractivity contribution in [3.8, 4) is 0 Å². The molecule has 0 aromatic rings. The van der Waals surface area contributed by atoms with Gasteiger partial charge in [0.1, 0.15) is 0 Å². The lowest BCUT2D eigenvalue weighted by Gasteiger charge is -2.31. The minimum atomic E-state index is -0.719. The van der Waals surface area contributed by atoms with Gasteiger partial charge in [-0.05, 0) is 40.7 Å². The fourth-order valence-electron chi connectivity index (χ4n) is 2.72. The van der Waals surface area contributed by atoms with Crippen LogP contribution in [0.3, 0.4) is 0 Å². The van der Waals surface area contributed by atoms with Gasteiger partial charge in [0.05, 0.1) is 10.6 Å². The molecule has 2 aliphatic carbocycles. The first kappa shape index (κ1) is 20.4. The first-order valence-electron chi connectivity index (χ1n) is 8.66. The zero-order valence-corrected chi connectivity index (χ0v) is 16.5. The summed E-state index contributed by atoms with van der Waals surface area (Å²) in [6.45, 7) is 11.9. The Bertz CT molecular complexity index is 859. The van der Waals surface area contributed by atoms with Crippen molar-refractivity contribution in [1.82, 2.24) is 0 Å². The first-order chi connectivity index (χ1) is 12.3. The molecule has 6 heteroatoms. The Morgan fingerprint density at radius 2 is 1.44 bits per heavy atom. The van der Waals surface area contributed by atoms with Gasteiger partial charge in [-0.15, -0.1) is 0 Å². The van der Waals surface area contributed by atoms with Gasteiger partial charge >= 0.3 is 5.70 Å². The number of hydrogen-bond donors (Lipinski definition) is 0. The van der Waals surface area contributed by atoms with Gasteiger partial charge in [0.15, 0.2) is 5.78 Å². The molecule has 0 radical (unpaired) electrons. The highest BCUT2D eigenvalue weighted by molar-refractivity contribution is 6.18. The molecule has 0 heterocycles. The van der Waals surface area contributed by atoms with E-state index in [9.17, 15) is 19.7 Å². The van der Waals surface area contributed by atoms with E-state index in [4.69, 9.17) is 0 Å². The summed E-state index contributed by atoms with van der Waals surface area (Å²) in [5.41, 5.74) is 1.26. The molecular formula is C21H24N2O4. The maximum Gasteiger partial charge on any atom is 0.318 e. The van der Waals surface area contributed by atoms with E-state index in [1.54, 1.807) is 18.4 Å². The van der Waals surface area contributed by atoms with Crippen LogP contribution in [0.5, 0.6) is 0 Å². The van der Waals surface area contributed by atoms with Crippen LogP contribution in [-0.4, -0.2) is 22.2 Å². The highest BCUT2D eigenvalue weighted by Crippen LogP contribution is 2.38. The van der Waals surface area contributed by atoms with Gasteiger partial charge in [-0.2, -0.15) is 0 Å². The Morgan fingerprint density at radius 3 is 1.89 bits per heavy atom. The Kier molecular flexibility index (Phi) is 5.31. The van der Waals surface area contributed by atoms with Gasteiger partial charge in [-0.3, -0.25) is 24.7 Å². The van der Waals surface area contributed by atoms with Gasteiger partial charge in [0.25, 0.3) is 5.78 Å². The van der Waals surface area contributed by atoms with Crippen LogP contribution in [0.4, 0.5) is 0 Å². The molecule has 0 atom stereocenters. The first-order valence-corrected chi connectivity index (χ1v) is 8.66. The smallest absolute Gasteiger partial charge is 0.289 e. The number of aliphatic imine (C=N–C) groups is 1. The summed E-state index contributed by atoms with van der Waals surface area (Å²) in [5, 5.41) is 10.9. The van der Waals surface area contributed by atoms with Gasteiger partial charge in [-0.25, -0.2) is 0 Å². The van der Waals surface area contributed by atoms with Crippen LogP contribution >= 0.6 is 0 Å². The summed E-state index contributed by atoms with van der Waals surface area (Å²) >= 11 is 0. The van der Waals surface area contributed by atoms with Gasteiger partial charge in [0.2, 0.25) is 0 Å². The summed E-state index contributed by atoms with van der Waals surface area (Å²) in [7, 11) is 0. The molecule has 6 nitrogen and oxygen atoms in total. The molecule has 0 unspecified atom stereocenters. The van der Waals surface area contributed by atoms with Crippen LogP contribution in [0.2, 0.25) is 0 Å². The number of nitrogens with zero attached hydrogens (tertiary/aromatic N) is 2. The third-order valence-electron chi connectivity index (χ3n) is 4.23. The number of Topliss-reactive ketones (excluding diaryl/α,β-unsaturated/α-hetero) is 1. The zero-order valence-electron chi connectivity index (χ0n) is 16.5. The van der Waals surface area contributed by atoms with Gasteiger partial charge in [-0.1, -0.05) is 41.5 Å². The molecule has 0 aromatic heterocycles. The summed E-state index contributed by atoms with van der Waals surface area (Å²) in [6.07, 6.45) is 8.88. The van der Waals surface area contributed by atoms with E-state index in [1.807, 2.05) is 41.5 Å². The number of ketones is 2. The molecule has 0 bridgehead atoms. The van der Waals surface area contributed by atoms with Gasteiger partial charge in [0, 0.05) is 23.4 Å². The van der Waals surface area contributed by atoms with E-state index in [0.717, 1.165) is 17.7 Å². The fraction of sp³-hybridized carbons (Fsp3) is 0.381. The number of carbonyl (C=O) groups excluding carboxylic acids is 2. The van der Waals surface area contributed by atoms with Crippen LogP contribution in [0.15, 0.2) is 64.0 Å². The highest BCUT2D eigenvalue weighted by atomic mass is 16.6. The zero-order chi connectivity index (χ0) is 20.6. The molecule has 0 aliphatic heterocycles. The average molecular weight is 368 g/mol. The minimum absolute atomic E-state index is 0.0264. The third-order valence-corrected chi connectivity index (χ3v) is 4.23. The van der Waals surface area contributed by atoms with Crippen LogP contribution in [0.25, 0.3) is 0 Å². The van der Waals surface area contributed by atoms with Crippen molar-refractivity contribution in [3.05, 3.63) is 69.1 Å². The van der Waals surface area contributed by atoms with E-state index in [0.29, 0.717) is 16.9 Å². The van der Waals surface area contributed by atoms with Gasteiger partial charge < -0.3 is 0 Å². The van der Waals surface area contributed by atoms with E-state index < -0.39 is 16.4 Å². The number of allylic oxidation sites excluding steroid dienone is 8. The number of hydrogen-bond acceptors (Lipinski definition) is 5. The average Bonchev–Trinajstić information content (AvgIpc) is 2.52. The monoisotopic (exact) mass is 368 g/mol. The van der Waals surface area contributed by atoms with Crippen LogP contribution < -0.4 is 0 Å². The predicted molar refractivity (Wildman–Crippen MR) is 105 cm³/mol. The molecule has 0 N–H and O–H groups in total. The van der Waals surface area contributed by atoms with Crippen molar-refractivity contribution in [2.24, 2.45) is 15.8 Å². The van der Waals surface area contributed by atoms with E-state index in [2.05, 4.69) is 4.99 Å². The van der Waals surface area contributed by atoms with Crippen molar-refractivity contribution in [1.29, 1.82) is 0 Å². The second kappa shape index (κ2) is 7.02. The van der Waals surface area contributed by atoms with Crippen molar-refractivity contribution in [3.63, 3.8) is 0 Å². The maximum absolute atomic E-state index is 12.9. The minimum Gasteiger partial charge on any atom is -0.289 e. The summed E-state index contributed by atoms with van der Waals surface area (Å²) in [6, 6.07) is 0. The molecule has 0 aromatic carbocycles. The lowest BCUT2D eigenvalue weighted by molar-refractivity contribution is -0.418. The molecular weight excluding hydrogens is 344 g/mol. The molecule has 142 valence electrons. The molecule has 0 amide bonds.